The third-order valence-corrected chi connectivity index (χ3v) is 3.48. The molecular formula is C16H13F3N4O3. The van der Waals surface area contributed by atoms with Crippen LogP contribution in [0.4, 0.5) is 13.2 Å². The van der Waals surface area contributed by atoms with Gasteiger partial charge in [0, 0.05) is 18.7 Å². The molecule has 0 N–H and O–H groups in total. The zero-order valence-electron chi connectivity index (χ0n) is 13.7. The van der Waals surface area contributed by atoms with Crippen molar-refractivity contribution in [2.75, 3.05) is 0 Å². The molecule has 2 heterocycles. The van der Waals surface area contributed by atoms with Crippen molar-refractivity contribution in [3.63, 3.8) is 0 Å². The van der Waals surface area contributed by atoms with Gasteiger partial charge >= 0.3 is 12.3 Å². The van der Waals surface area contributed by atoms with Crippen LogP contribution in [-0.2, 0) is 16.1 Å². The number of aromatic nitrogens is 4. The molecule has 7 nitrogen and oxygen atoms in total. The van der Waals surface area contributed by atoms with Crippen LogP contribution in [0.3, 0.4) is 0 Å². The van der Waals surface area contributed by atoms with Crippen molar-refractivity contribution in [3.05, 3.63) is 42.0 Å². The van der Waals surface area contributed by atoms with Gasteiger partial charge in [-0.2, -0.15) is 0 Å². The molecule has 0 aliphatic carbocycles. The Balaban J connectivity index is 1.95. The Kier molecular flexibility index (Phi) is 4.49. The van der Waals surface area contributed by atoms with Gasteiger partial charge in [-0.15, -0.1) is 23.4 Å². The topological polar surface area (TPSA) is 78.6 Å². The molecule has 0 spiro atoms. The average molecular weight is 366 g/mol. The van der Waals surface area contributed by atoms with Crippen LogP contribution in [0.15, 0.2) is 30.6 Å². The number of rotatable bonds is 4. The van der Waals surface area contributed by atoms with Gasteiger partial charge in [-0.25, -0.2) is 0 Å². The quantitative estimate of drug-likeness (QED) is 0.661. The van der Waals surface area contributed by atoms with Gasteiger partial charge in [0.2, 0.25) is 0 Å². The predicted molar refractivity (Wildman–Crippen MR) is 83.1 cm³/mol. The number of carbonyl (C=O) groups is 1. The number of carbonyl (C=O) groups excluding carboxylic acids is 1. The lowest BCUT2D eigenvalue weighted by Crippen LogP contribution is -2.17. The summed E-state index contributed by atoms with van der Waals surface area (Å²) in [5, 5.41) is 7.85. The predicted octanol–water partition coefficient (Wildman–Crippen LogP) is 3.06. The zero-order chi connectivity index (χ0) is 18.9. The molecule has 26 heavy (non-hydrogen) atoms. The van der Waals surface area contributed by atoms with E-state index in [0.29, 0.717) is 28.3 Å². The number of hydrogen-bond donors (Lipinski definition) is 0. The van der Waals surface area contributed by atoms with E-state index in [1.54, 1.807) is 17.5 Å². The fourth-order valence-electron chi connectivity index (χ4n) is 2.37. The molecule has 0 unspecified atom stereocenters. The molecule has 10 heteroatoms. The average Bonchev–Trinajstić information content (AvgIpc) is 2.93. The van der Waals surface area contributed by atoms with E-state index in [4.69, 9.17) is 4.74 Å². The largest absolute Gasteiger partial charge is 0.573 e. The summed E-state index contributed by atoms with van der Waals surface area (Å²) in [5.74, 6) is -0.361. The van der Waals surface area contributed by atoms with E-state index in [-0.39, 0.29) is 12.4 Å². The highest BCUT2D eigenvalue weighted by Gasteiger charge is 2.31. The van der Waals surface area contributed by atoms with Crippen molar-refractivity contribution >= 4 is 11.6 Å². The highest BCUT2D eigenvalue weighted by atomic mass is 19.4. The van der Waals surface area contributed by atoms with E-state index < -0.39 is 12.3 Å². The van der Waals surface area contributed by atoms with Crippen LogP contribution in [0.1, 0.15) is 18.3 Å². The molecule has 0 atom stereocenters. The fraction of sp³-hybridized carbons (Fsp3) is 0.250. The molecule has 0 saturated heterocycles. The molecule has 0 saturated carbocycles. The molecule has 3 rings (SSSR count). The van der Waals surface area contributed by atoms with Crippen molar-refractivity contribution in [3.8, 4) is 17.0 Å². The summed E-state index contributed by atoms with van der Waals surface area (Å²) >= 11 is 0. The number of ether oxygens (including phenoxy) is 2. The number of alkyl halides is 3. The smallest absolute Gasteiger partial charge is 0.458 e. The van der Waals surface area contributed by atoms with Gasteiger partial charge in [-0.3, -0.25) is 14.2 Å². The Morgan fingerprint density at radius 3 is 2.69 bits per heavy atom. The first kappa shape index (κ1) is 17.6. The lowest BCUT2D eigenvalue weighted by Gasteiger charge is -2.11. The van der Waals surface area contributed by atoms with Crippen LogP contribution < -0.4 is 4.74 Å². The van der Waals surface area contributed by atoms with Crippen LogP contribution >= 0.6 is 0 Å². The van der Waals surface area contributed by atoms with E-state index in [2.05, 4.69) is 19.9 Å². The van der Waals surface area contributed by atoms with Gasteiger partial charge in [-0.1, -0.05) is 0 Å². The Hall–Kier alpha value is -3.17. The Labute approximate surface area is 145 Å². The first-order chi connectivity index (χ1) is 12.2. The highest BCUT2D eigenvalue weighted by Crippen LogP contribution is 2.29. The molecule has 0 fully saturated rings. The third kappa shape index (κ3) is 3.90. The second kappa shape index (κ2) is 6.62. The molecule has 1 aromatic carbocycles. The van der Waals surface area contributed by atoms with Crippen LogP contribution in [0, 0.1) is 6.92 Å². The number of hydrogen-bond acceptors (Lipinski definition) is 6. The third-order valence-electron chi connectivity index (χ3n) is 3.48. The van der Waals surface area contributed by atoms with Gasteiger partial charge in [0.05, 0.1) is 11.9 Å². The lowest BCUT2D eigenvalue weighted by molar-refractivity contribution is -0.274. The van der Waals surface area contributed by atoms with Gasteiger partial charge in [-0.05, 0) is 30.7 Å². The van der Waals surface area contributed by atoms with Crippen LogP contribution in [-0.4, -0.2) is 31.9 Å². The summed E-state index contributed by atoms with van der Waals surface area (Å²) < 4.78 is 47.4. The van der Waals surface area contributed by atoms with E-state index in [9.17, 15) is 18.0 Å². The summed E-state index contributed by atoms with van der Waals surface area (Å²) in [7, 11) is 0. The number of benzene rings is 1. The second-order valence-electron chi connectivity index (χ2n) is 5.42. The second-order valence-corrected chi connectivity index (χ2v) is 5.42. The summed E-state index contributed by atoms with van der Waals surface area (Å²) in [6.07, 6.45) is -1.65. The fourth-order valence-corrected chi connectivity index (χ4v) is 2.37. The maximum Gasteiger partial charge on any atom is 0.573 e. The maximum absolute atomic E-state index is 12.3. The van der Waals surface area contributed by atoms with Gasteiger partial charge < -0.3 is 9.47 Å². The van der Waals surface area contributed by atoms with E-state index in [0.717, 1.165) is 0 Å². The molecule has 0 amide bonds. The van der Waals surface area contributed by atoms with Gasteiger partial charge in [0.1, 0.15) is 5.75 Å². The SMILES string of the molecule is CC(=O)OCc1nnc2cnc(-c3ccc(OC(F)(F)F)cc3C)cn12. The number of esters is 1. The normalized spacial score (nSPS) is 11.6. The zero-order valence-corrected chi connectivity index (χ0v) is 13.7. The summed E-state index contributed by atoms with van der Waals surface area (Å²) in [4.78, 5) is 15.2. The number of nitrogens with zero attached hydrogens (tertiary/aromatic N) is 4. The number of fused-ring (bicyclic) bond motifs is 1. The summed E-state index contributed by atoms with van der Waals surface area (Å²) in [6, 6.07) is 3.98. The van der Waals surface area contributed by atoms with Gasteiger partial charge in [0.15, 0.2) is 18.1 Å². The standard InChI is InChI=1S/C16H13F3N4O3/c1-9-5-11(26-16(17,18)19)3-4-12(9)13-7-23-14(6-20-13)21-22-15(23)8-25-10(2)24/h3-7H,8H2,1-2H3. The molecule has 136 valence electrons. The lowest BCUT2D eigenvalue weighted by atomic mass is 10.1. The van der Waals surface area contributed by atoms with Crippen molar-refractivity contribution in [2.24, 2.45) is 0 Å². The van der Waals surface area contributed by atoms with E-state index in [1.165, 1.54) is 31.3 Å². The molecule has 0 radical (unpaired) electrons. The molecule has 0 aliphatic heterocycles. The number of aryl methyl sites for hydroxylation is 1. The Morgan fingerprint density at radius 2 is 2.04 bits per heavy atom. The van der Waals surface area contributed by atoms with Gasteiger partial charge in [0.25, 0.3) is 0 Å². The minimum atomic E-state index is -4.75. The van der Waals surface area contributed by atoms with E-state index in [1.807, 2.05) is 0 Å². The first-order valence-electron chi connectivity index (χ1n) is 7.43. The minimum absolute atomic E-state index is 0.0582. The molecule has 0 aliphatic rings. The summed E-state index contributed by atoms with van der Waals surface area (Å²) in [6.45, 7) is 2.87. The van der Waals surface area contributed by atoms with Crippen molar-refractivity contribution in [1.29, 1.82) is 0 Å². The molecule has 0 bridgehead atoms. The van der Waals surface area contributed by atoms with Crippen LogP contribution in [0.5, 0.6) is 5.75 Å². The first-order valence-corrected chi connectivity index (χ1v) is 7.43. The van der Waals surface area contributed by atoms with Crippen molar-refractivity contribution < 1.29 is 27.4 Å². The monoisotopic (exact) mass is 366 g/mol. The number of halogens is 3. The van der Waals surface area contributed by atoms with E-state index >= 15 is 0 Å². The van der Waals surface area contributed by atoms with Crippen LogP contribution in [0.2, 0.25) is 0 Å². The Bertz CT molecular complexity index is 969. The highest BCUT2D eigenvalue weighted by molar-refractivity contribution is 5.66. The molecule has 2 aromatic heterocycles. The van der Waals surface area contributed by atoms with Crippen molar-refractivity contribution in [1.82, 2.24) is 19.6 Å². The Morgan fingerprint density at radius 1 is 1.27 bits per heavy atom. The molecular weight excluding hydrogens is 353 g/mol. The maximum atomic E-state index is 12.3. The van der Waals surface area contributed by atoms with Crippen molar-refractivity contribution in [2.45, 2.75) is 26.8 Å². The molecule has 3 aromatic rings. The summed E-state index contributed by atoms with van der Waals surface area (Å²) in [5.41, 5.74) is 2.12. The minimum Gasteiger partial charge on any atom is -0.458 e. The van der Waals surface area contributed by atoms with Crippen LogP contribution in [0.25, 0.3) is 16.9 Å².